The Morgan fingerprint density at radius 1 is 1.20 bits per heavy atom. The van der Waals surface area contributed by atoms with Gasteiger partial charge in [0.25, 0.3) is 0 Å². The van der Waals surface area contributed by atoms with E-state index < -0.39 is 0 Å². The molecule has 1 N–H and O–H groups in total. The molecule has 1 rings (SSSR count). The molecule has 1 heterocycles. The molecule has 0 aliphatic rings. The van der Waals surface area contributed by atoms with Crippen molar-refractivity contribution in [3.63, 3.8) is 0 Å². The van der Waals surface area contributed by atoms with E-state index in [4.69, 9.17) is 0 Å². The van der Waals surface area contributed by atoms with Crippen LogP contribution in [0.1, 0.15) is 50.0 Å². The lowest BCUT2D eigenvalue weighted by molar-refractivity contribution is 0.584. The number of unbranched alkanes of at least 4 members (excludes halogenated alkanes) is 2. The monoisotopic (exact) mass is 227 g/mol. The van der Waals surface area contributed by atoms with Crippen molar-refractivity contribution in [3.8, 4) is 0 Å². The maximum absolute atomic E-state index is 4.19. The van der Waals surface area contributed by atoms with Crippen molar-refractivity contribution < 1.29 is 0 Å². The number of nitrogens with one attached hydrogen (secondary N) is 1. The summed E-state index contributed by atoms with van der Waals surface area (Å²) in [7, 11) is 0. The van der Waals surface area contributed by atoms with Crippen molar-refractivity contribution in [2.24, 2.45) is 0 Å². The van der Waals surface area contributed by atoms with Crippen LogP contribution in [0.2, 0.25) is 0 Å². The molecule has 0 spiro atoms. The van der Waals surface area contributed by atoms with E-state index in [0.29, 0.717) is 6.04 Å². The molecule has 1 aromatic rings. The van der Waals surface area contributed by atoms with E-state index in [2.05, 4.69) is 36.3 Å². The standard InChI is InChI=1S/C11H21N3S/c1-4-5-6-7-10-13-14-11(15-10)8-12-9(2)3/h9,12H,4-8H2,1-3H3. The van der Waals surface area contributed by atoms with Gasteiger partial charge < -0.3 is 5.32 Å². The van der Waals surface area contributed by atoms with E-state index in [1.165, 1.54) is 24.3 Å². The van der Waals surface area contributed by atoms with Crippen LogP contribution in [0.25, 0.3) is 0 Å². The van der Waals surface area contributed by atoms with Crippen LogP contribution in [-0.4, -0.2) is 16.2 Å². The molecule has 0 bridgehead atoms. The summed E-state index contributed by atoms with van der Waals surface area (Å²) in [6, 6.07) is 0.512. The second-order valence-electron chi connectivity index (χ2n) is 4.08. The molecule has 0 atom stereocenters. The van der Waals surface area contributed by atoms with Gasteiger partial charge in [-0.1, -0.05) is 33.6 Å². The average Bonchev–Trinajstić information content (AvgIpc) is 2.63. The van der Waals surface area contributed by atoms with Gasteiger partial charge in [0, 0.05) is 19.0 Å². The molecule has 1 aromatic heterocycles. The van der Waals surface area contributed by atoms with Crippen LogP contribution in [0.5, 0.6) is 0 Å². The van der Waals surface area contributed by atoms with E-state index in [1.807, 2.05) is 0 Å². The lowest BCUT2D eigenvalue weighted by atomic mass is 10.2. The van der Waals surface area contributed by atoms with E-state index in [9.17, 15) is 0 Å². The van der Waals surface area contributed by atoms with Gasteiger partial charge in [0.2, 0.25) is 0 Å². The van der Waals surface area contributed by atoms with Gasteiger partial charge in [-0.25, -0.2) is 0 Å². The quantitative estimate of drug-likeness (QED) is 0.728. The lowest BCUT2D eigenvalue weighted by Crippen LogP contribution is -2.21. The normalized spacial score (nSPS) is 11.2. The van der Waals surface area contributed by atoms with Crippen LogP contribution < -0.4 is 5.32 Å². The summed E-state index contributed by atoms with van der Waals surface area (Å²) in [5.41, 5.74) is 0. The highest BCUT2D eigenvalue weighted by Gasteiger charge is 2.04. The lowest BCUT2D eigenvalue weighted by Gasteiger charge is -2.03. The molecule has 0 amide bonds. The first-order chi connectivity index (χ1) is 7.22. The summed E-state index contributed by atoms with van der Waals surface area (Å²) in [6.45, 7) is 7.35. The fourth-order valence-corrected chi connectivity index (χ4v) is 2.12. The van der Waals surface area contributed by atoms with E-state index in [-0.39, 0.29) is 0 Å². The molecule has 0 aliphatic carbocycles. The van der Waals surface area contributed by atoms with E-state index >= 15 is 0 Å². The number of hydrogen-bond acceptors (Lipinski definition) is 4. The van der Waals surface area contributed by atoms with Crippen molar-refractivity contribution in [1.82, 2.24) is 15.5 Å². The fraction of sp³-hybridized carbons (Fsp3) is 0.818. The van der Waals surface area contributed by atoms with Gasteiger partial charge in [0.1, 0.15) is 10.0 Å². The van der Waals surface area contributed by atoms with Crippen LogP contribution in [0, 0.1) is 0 Å². The Bertz CT molecular complexity index is 271. The molecule has 15 heavy (non-hydrogen) atoms. The van der Waals surface area contributed by atoms with Crippen molar-refractivity contribution in [3.05, 3.63) is 10.0 Å². The zero-order chi connectivity index (χ0) is 11.1. The fourth-order valence-electron chi connectivity index (χ4n) is 1.28. The molecule has 86 valence electrons. The molecular weight excluding hydrogens is 206 g/mol. The number of nitrogens with zero attached hydrogens (tertiary/aromatic N) is 2. The van der Waals surface area contributed by atoms with Crippen LogP contribution in [0.15, 0.2) is 0 Å². The van der Waals surface area contributed by atoms with Crippen molar-refractivity contribution >= 4 is 11.3 Å². The molecular formula is C11H21N3S. The number of aryl methyl sites for hydroxylation is 1. The topological polar surface area (TPSA) is 37.8 Å². The average molecular weight is 227 g/mol. The van der Waals surface area contributed by atoms with Crippen LogP contribution in [0.3, 0.4) is 0 Å². The Morgan fingerprint density at radius 3 is 2.60 bits per heavy atom. The molecule has 0 saturated heterocycles. The first-order valence-electron chi connectivity index (χ1n) is 5.77. The zero-order valence-electron chi connectivity index (χ0n) is 9.92. The first-order valence-corrected chi connectivity index (χ1v) is 6.58. The smallest absolute Gasteiger partial charge is 0.131 e. The second kappa shape index (κ2) is 6.90. The van der Waals surface area contributed by atoms with E-state index in [0.717, 1.165) is 18.0 Å². The first kappa shape index (κ1) is 12.6. The van der Waals surface area contributed by atoms with Crippen LogP contribution in [0.4, 0.5) is 0 Å². The molecule has 3 nitrogen and oxygen atoms in total. The summed E-state index contributed by atoms with van der Waals surface area (Å²) >= 11 is 1.74. The summed E-state index contributed by atoms with van der Waals surface area (Å²) in [5, 5.41) is 14.0. The molecule has 0 aliphatic heterocycles. The van der Waals surface area contributed by atoms with Gasteiger partial charge in [-0.2, -0.15) is 0 Å². The minimum Gasteiger partial charge on any atom is -0.308 e. The van der Waals surface area contributed by atoms with Crippen molar-refractivity contribution in [2.75, 3.05) is 0 Å². The summed E-state index contributed by atoms with van der Waals surface area (Å²) < 4.78 is 0. The molecule has 0 aromatic carbocycles. The molecule has 4 heteroatoms. The number of rotatable bonds is 7. The Balaban J connectivity index is 2.29. The largest absolute Gasteiger partial charge is 0.308 e. The Hall–Kier alpha value is -0.480. The second-order valence-corrected chi connectivity index (χ2v) is 5.23. The molecule has 0 saturated carbocycles. The van der Waals surface area contributed by atoms with Gasteiger partial charge in [-0.05, 0) is 6.42 Å². The SMILES string of the molecule is CCCCCc1nnc(CNC(C)C)s1. The van der Waals surface area contributed by atoms with Gasteiger partial charge >= 0.3 is 0 Å². The predicted molar refractivity (Wildman–Crippen MR) is 65.1 cm³/mol. The Kier molecular flexibility index (Phi) is 5.79. The third-order valence-corrected chi connectivity index (χ3v) is 3.15. The molecule has 0 unspecified atom stereocenters. The zero-order valence-corrected chi connectivity index (χ0v) is 10.7. The van der Waals surface area contributed by atoms with Crippen LogP contribution >= 0.6 is 11.3 Å². The Labute approximate surface area is 96.3 Å². The summed E-state index contributed by atoms with van der Waals surface area (Å²) in [6.07, 6.45) is 4.88. The minimum atomic E-state index is 0.512. The number of hydrogen-bond donors (Lipinski definition) is 1. The third kappa shape index (κ3) is 5.23. The summed E-state index contributed by atoms with van der Waals surface area (Å²) in [4.78, 5) is 0. The highest BCUT2D eigenvalue weighted by Crippen LogP contribution is 2.12. The highest BCUT2D eigenvalue weighted by molar-refractivity contribution is 7.11. The third-order valence-electron chi connectivity index (χ3n) is 2.16. The minimum absolute atomic E-state index is 0.512. The number of aromatic nitrogens is 2. The molecule has 0 radical (unpaired) electrons. The van der Waals surface area contributed by atoms with Gasteiger partial charge in [-0.3, -0.25) is 0 Å². The maximum atomic E-state index is 4.19. The van der Waals surface area contributed by atoms with Gasteiger partial charge in [0.05, 0.1) is 0 Å². The summed E-state index contributed by atoms with van der Waals surface area (Å²) in [5.74, 6) is 0. The van der Waals surface area contributed by atoms with Gasteiger partial charge in [0.15, 0.2) is 0 Å². The van der Waals surface area contributed by atoms with Crippen molar-refractivity contribution in [2.45, 2.75) is 59.0 Å². The van der Waals surface area contributed by atoms with Gasteiger partial charge in [-0.15, -0.1) is 21.5 Å². The molecule has 0 fully saturated rings. The predicted octanol–water partition coefficient (Wildman–Crippen LogP) is 2.77. The van der Waals surface area contributed by atoms with Crippen molar-refractivity contribution in [1.29, 1.82) is 0 Å². The van der Waals surface area contributed by atoms with E-state index in [1.54, 1.807) is 11.3 Å². The maximum Gasteiger partial charge on any atom is 0.131 e. The Morgan fingerprint density at radius 2 is 1.93 bits per heavy atom. The highest BCUT2D eigenvalue weighted by atomic mass is 32.1. The van der Waals surface area contributed by atoms with Crippen LogP contribution in [-0.2, 0) is 13.0 Å².